The Morgan fingerprint density at radius 3 is 1.12 bits per heavy atom. The molecule has 2 aromatic carbocycles. The number of nitro benzene ring substituents is 5. The Bertz CT molecular complexity index is 1120. The second-order valence-corrected chi connectivity index (χ2v) is 5.26. The van der Waals surface area contributed by atoms with Gasteiger partial charge in [-0.3, -0.25) is 50.6 Å². The van der Waals surface area contributed by atoms with Crippen LogP contribution >= 0.6 is 0 Å². The zero-order valence-electron chi connectivity index (χ0n) is 15.4. The molecule has 0 saturated carbocycles. The quantitative estimate of drug-likeness (QED) is 0.299. The number of hydrogen-bond acceptors (Lipinski definition) is 12. The van der Waals surface area contributed by atoms with Crippen LogP contribution in [0.5, 0.6) is 0 Å². The molecule has 0 bridgehead atoms. The van der Waals surface area contributed by atoms with Crippen molar-refractivity contribution in [3.63, 3.8) is 0 Å². The van der Waals surface area contributed by atoms with Gasteiger partial charge in [-0.2, -0.15) is 0 Å². The van der Waals surface area contributed by atoms with Crippen LogP contribution in [0.15, 0.2) is 30.3 Å². The van der Waals surface area contributed by atoms with Crippen molar-refractivity contribution < 1.29 is 29.6 Å². The molecule has 0 heterocycles. The summed E-state index contributed by atoms with van der Waals surface area (Å²) in [5.41, 5.74) is -13.0. The Morgan fingerprint density at radius 1 is 0.531 bits per heavy atom. The third-order valence-corrected chi connectivity index (χ3v) is 3.63. The second kappa shape index (κ2) is 10.1. The average molecular weight is 478 g/mol. The van der Waals surface area contributed by atoms with Crippen LogP contribution in [0.1, 0.15) is 0 Å². The maximum Gasteiger partial charge on any atom is 0.437 e. The van der Waals surface area contributed by atoms with E-state index in [0.717, 1.165) is 24.3 Å². The van der Waals surface area contributed by atoms with Crippen LogP contribution in [0.3, 0.4) is 0 Å². The summed E-state index contributed by atoms with van der Waals surface area (Å²) in [5.74, 6) is 0. The summed E-state index contributed by atoms with van der Waals surface area (Å²) in [6, 6.07) is 5.45. The summed E-state index contributed by atoms with van der Waals surface area (Å²) in [6.45, 7) is 0. The smallest absolute Gasteiger partial charge is 0.258 e. The minimum absolute atomic E-state index is 0. The fraction of sp³-hybridized carbons (Fsp3) is 0. The average Bonchev–Trinajstić information content (AvgIpc) is 2.66. The van der Waals surface area contributed by atoms with E-state index >= 15 is 0 Å². The Hall–Kier alpha value is -3.72. The maximum absolute atomic E-state index is 11.6. The van der Waals surface area contributed by atoms with Crippen LogP contribution in [-0.4, -0.2) is 81.0 Å². The molecule has 20 heteroatoms. The molecule has 2 aromatic rings. The summed E-state index contributed by atoms with van der Waals surface area (Å²) in [4.78, 5) is 60.1. The third kappa shape index (κ3) is 4.62. The molecule has 1 radical (unpaired) electrons. The molecule has 0 atom stereocenters. The number of hydrogen-bond donors (Lipinski definition) is 0. The second-order valence-electron chi connectivity index (χ2n) is 5.26. The number of para-hydroxylation sites is 1. The normalized spacial score (nSPS) is 9.88. The zero-order valence-corrected chi connectivity index (χ0v) is 18.5. The summed E-state index contributed by atoms with van der Waals surface area (Å²) >= 11 is 0. The predicted molar refractivity (Wildman–Crippen MR) is 101 cm³/mol. The van der Waals surface area contributed by atoms with Crippen LogP contribution < -0.4 is 5.01 Å². The minimum atomic E-state index is -2.17. The Morgan fingerprint density at radius 2 is 0.844 bits per heavy atom. The van der Waals surface area contributed by atoms with E-state index in [1.54, 1.807) is 0 Å². The first-order valence-electron chi connectivity index (χ1n) is 7.37. The van der Waals surface area contributed by atoms with Crippen molar-refractivity contribution in [2.45, 2.75) is 0 Å². The number of benzene rings is 2. The van der Waals surface area contributed by atoms with Crippen LogP contribution in [-0.2, 0) is 0 Å². The Kier molecular flexibility index (Phi) is 8.27. The number of rotatable bonds is 8. The molecule has 0 amide bonds. The van der Waals surface area contributed by atoms with E-state index in [2.05, 4.69) is 0 Å². The van der Waals surface area contributed by atoms with Gasteiger partial charge in [-0.05, 0) is 17.1 Å². The van der Waals surface area contributed by atoms with E-state index in [1.807, 2.05) is 0 Å². The molecule has 32 heavy (non-hydrogen) atoms. The van der Waals surface area contributed by atoms with Crippen LogP contribution in [0.2, 0.25) is 0 Å². The van der Waals surface area contributed by atoms with E-state index in [-0.39, 0.29) is 56.4 Å². The first-order chi connectivity index (χ1) is 14.4. The molecule has 0 N–H and O–H groups in total. The third-order valence-electron chi connectivity index (χ3n) is 3.63. The Balaban J connectivity index is 0.00000512. The van der Waals surface area contributed by atoms with Crippen molar-refractivity contribution in [3.05, 3.63) is 91.0 Å². The van der Waals surface area contributed by atoms with Crippen molar-refractivity contribution >= 4 is 91.2 Å². The van der Waals surface area contributed by atoms with Gasteiger partial charge in [0.25, 0.3) is 5.69 Å². The van der Waals surface area contributed by atoms with Gasteiger partial charge in [0.05, 0.1) is 24.6 Å². The largest absolute Gasteiger partial charge is 0.437 e. The summed E-state index contributed by atoms with van der Waals surface area (Å²) in [5, 5.41) is 67.0. The number of anilines is 2. The fourth-order valence-electron chi connectivity index (χ4n) is 2.61. The van der Waals surface area contributed by atoms with Gasteiger partial charge in [-0.25, -0.2) is 10.1 Å². The molecule has 19 nitrogen and oxygen atoms in total. The standard InChI is InChI=1S/C12H5N7O12.K/c20-14(21)8-7(13(19(30)31)6-4-2-1-3-5-6)9(15(22)23)11(17(26)27)12(18(28)29)10(8)16(24)25;/h1-5H;. The minimum Gasteiger partial charge on any atom is -0.258 e. The molecule has 0 aliphatic rings. The van der Waals surface area contributed by atoms with Gasteiger partial charge in [0.1, 0.15) is 5.69 Å². The topological polar surface area (TPSA) is 262 Å². The fourth-order valence-corrected chi connectivity index (χ4v) is 2.61. The summed E-state index contributed by atoms with van der Waals surface area (Å²) in [6.07, 6.45) is 0. The molecule has 0 spiro atoms. The van der Waals surface area contributed by atoms with Gasteiger partial charge in [-0.1, -0.05) is 18.2 Å². The molecular formula is C12H5KN7O12. The SMILES string of the molecule is O=[N+]([O-])c1c(N(c2ccccc2)[N+](=O)[O-])c([N+](=O)[O-])c([N+](=O)[O-])c([N+](=O)[O-])c1[N+](=O)[O-].[K]. The molecule has 0 aliphatic heterocycles. The molecule has 0 unspecified atom stereocenters. The predicted octanol–water partition coefficient (Wildman–Crippen LogP) is 2.18. The first kappa shape index (κ1) is 26.3. The molecule has 0 saturated heterocycles. The molecule has 0 fully saturated rings. The maximum atomic E-state index is 11.6. The zero-order chi connectivity index (χ0) is 23.6. The molecule has 0 aliphatic carbocycles. The van der Waals surface area contributed by atoms with Gasteiger partial charge in [0.15, 0.2) is 5.03 Å². The Labute approximate surface area is 215 Å². The van der Waals surface area contributed by atoms with Crippen LogP contribution in [0, 0.1) is 60.7 Å². The van der Waals surface area contributed by atoms with Crippen molar-refractivity contribution in [1.29, 1.82) is 0 Å². The molecule has 2 rings (SSSR count). The van der Waals surface area contributed by atoms with E-state index in [4.69, 9.17) is 0 Å². The van der Waals surface area contributed by atoms with Gasteiger partial charge < -0.3 is 0 Å². The van der Waals surface area contributed by atoms with Crippen molar-refractivity contribution in [2.24, 2.45) is 0 Å². The van der Waals surface area contributed by atoms with E-state index < -0.39 is 69.5 Å². The van der Waals surface area contributed by atoms with Crippen LogP contribution in [0.25, 0.3) is 0 Å². The van der Waals surface area contributed by atoms with Gasteiger partial charge in [0.2, 0.25) is 0 Å². The van der Waals surface area contributed by atoms with Gasteiger partial charge in [-0.15, -0.1) is 0 Å². The van der Waals surface area contributed by atoms with Crippen LogP contribution in [0.4, 0.5) is 39.8 Å². The van der Waals surface area contributed by atoms with Gasteiger partial charge in [0, 0.05) is 51.4 Å². The van der Waals surface area contributed by atoms with Crippen molar-refractivity contribution in [3.8, 4) is 0 Å². The summed E-state index contributed by atoms with van der Waals surface area (Å²) in [7, 11) is 0. The monoisotopic (exact) mass is 478 g/mol. The van der Waals surface area contributed by atoms with E-state index in [0.29, 0.717) is 0 Å². The van der Waals surface area contributed by atoms with Crippen molar-refractivity contribution in [2.75, 3.05) is 5.01 Å². The first-order valence-corrected chi connectivity index (χ1v) is 7.37. The van der Waals surface area contributed by atoms with Gasteiger partial charge >= 0.3 is 28.4 Å². The van der Waals surface area contributed by atoms with E-state index in [9.17, 15) is 60.7 Å². The number of nitrogens with zero attached hydrogens (tertiary/aromatic N) is 7. The molecule has 0 aromatic heterocycles. The molecule has 161 valence electrons. The summed E-state index contributed by atoms with van der Waals surface area (Å²) < 4.78 is 0. The van der Waals surface area contributed by atoms with Crippen molar-refractivity contribution in [1.82, 2.24) is 0 Å². The number of hydrazine groups is 1. The van der Waals surface area contributed by atoms with E-state index in [1.165, 1.54) is 6.07 Å². The molecular weight excluding hydrogens is 473 g/mol. The number of nitro groups is 6.